The third-order valence-electron chi connectivity index (χ3n) is 6.19. The molecule has 1 N–H and O–H groups in total. The number of esters is 1. The van der Waals surface area contributed by atoms with Crippen LogP contribution in [-0.4, -0.2) is 61.8 Å². The third-order valence-corrected chi connectivity index (χ3v) is 6.19. The molecule has 1 aliphatic heterocycles. The van der Waals surface area contributed by atoms with Crippen molar-refractivity contribution in [1.82, 2.24) is 15.2 Å². The maximum atomic E-state index is 13.1. The smallest absolute Gasteiger partial charge is 0.306 e. The molecule has 0 bridgehead atoms. The molecule has 0 aromatic carbocycles. The number of hydrogen-bond acceptors (Lipinski definition) is 6. The number of aromatic nitrogens is 1. The van der Waals surface area contributed by atoms with E-state index >= 15 is 0 Å². The zero-order valence-corrected chi connectivity index (χ0v) is 17.0. The Morgan fingerprint density at radius 2 is 2.18 bits per heavy atom. The highest BCUT2D eigenvalue weighted by molar-refractivity contribution is 5.69. The number of halogens is 1. The number of hydrogen-bond donors (Lipinski definition) is 1. The van der Waals surface area contributed by atoms with Crippen molar-refractivity contribution < 1.29 is 18.7 Å². The molecule has 0 radical (unpaired) electrons. The quantitative estimate of drug-likeness (QED) is 0.617. The highest BCUT2D eigenvalue weighted by Gasteiger charge is 2.40. The molecule has 156 valence electrons. The second-order valence-corrected chi connectivity index (χ2v) is 8.16. The first-order chi connectivity index (χ1) is 13.5. The van der Waals surface area contributed by atoms with Gasteiger partial charge in [-0.15, -0.1) is 0 Å². The Bertz CT molecular complexity index is 632. The van der Waals surface area contributed by atoms with E-state index in [1.54, 1.807) is 6.07 Å². The van der Waals surface area contributed by atoms with E-state index in [0.717, 1.165) is 44.9 Å². The van der Waals surface area contributed by atoms with Crippen molar-refractivity contribution >= 4 is 5.97 Å². The molecule has 28 heavy (non-hydrogen) atoms. The summed E-state index contributed by atoms with van der Waals surface area (Å²) in [7, 11) is 1.43. The summed E-state index contributed by atoms with van der Waals surface area (Å²) in [6.07, 6.45) is 6.08. The Balaban J connectivity index is 1.54. The van der Waals surface area contributed by atoms with E-state index in [9.17, 15) is 9.18 Å². The molecule has 2 unspecified atom stereocenters. The molecule has 6 nitrogen and oxygen atoms in total. The number of piperidine rings is 1. The van der Waals surface area contributed by atoms with Gasteiger partial charge in [0.25, 0.3) is 0 Å². The van der Waals surface area contributed by atoms with Crippen LogP contribution in [0, 0.1) is 17.2 Å². The van der Waals surface area contributed by atoms with E-state index in [0.29, 0.717) is 24.9 Å². The van der Waals surface area contributed by atoms with E-state index in [4.69, 9.17) is 9.47 Å². The fourth-order valence-electron chi connectivity index (χ4n) is 3.95. The van der Waals surface area contributed by atoms with Crippen molar-refractivity contribution in [1.29, 1.82) is 0 Å². The van der Waals surface area contributed by atoms with Crippen molar-refractivity contribution in [3.63, 3.8) is 0 Å². The van der Waals surface area contributed by atoms with Crippen molar-refractivity contribution in [3.8, 4) is 5.88 Å². The van der Waals surface area contributed by atoms with Gasteiger partial charge in [0, 0.05) is 30.6 Å². The lowest BCUT2D eigenvalue weighted by Gasteiger charge is -2.41. The molecule has 3 rings (SSSR count). The molecule has 1 saturated carbocycles. The maximum Gasteiger partial charge on any atom is 0.306 e. The van der Waals surface area contributed by atoms with Gasteiger partial charge in [0.1, 0.15) is 5.82 Å². The summed E-state index contributed by atoms with van der Waals surface area (Å²) in [6.45, 7) is 6.32. The fourth-order valence-corrected chi connectivity index (χ4v) is 3.95. The molecule has 1 aliphatic carbocycles. The number of carbonyl (C=O) groups excluding carboxylic acids is 1. The molecular weight excluding hydrogens is 361 g/mol. The molecule has 7 heteroatoms. The minimum Gasteiger partial charge on any atom is -0.477 e. The first-order valence-corrected chi connectivity index (χ1v) is 10.3. The molecule has 2 fully saturated rings. The summed E-state index contributed by atoms with van der Waals surface area (Å²) in [5, 5.41) is 3.73. The van der Waals surface area contributed by atoms with Crippen LogP contribution in [0.4, 0.5) is 4.39 Å². The topological polar surface area (TPSA) is 63.7 Å². The highest BCUT2D eigenvalue weighted by atomic mass is 19.1. The van der Waals surface area contributed by atoms with Crippen LogP contribution >= 0.6 is 0 Å². The SMILES string of the molecule is CCC1CC1NCC1(COc2ccc(F)cn2)CCN(CCC(=O)OC)CC1. The van der Waals surface area contributed by atoms with Crippen LogP contribution in [-0.2, 0) is 9.53 Å². The van der Waals surface area contributed by atoms with Crippen LogP contribution in [0.2, 0.25) is 0 Å². The van der Waals surface area contributed by atoms with Gasteiger partial charge in [0.2, 0.25) is 5.88 Å². The Morgan fingerprint density at radius 3 is 2.79 bits per heavy atom. The predicted octanol–water partition coefficient (Wildman–Crippen LogP) is 2.63. The fraction of sp³-hybridized carbons (Fsp3) is 0.714. The van der Waals surface area contributed by atoms with Crippen molar-refractivity contribution in [2.75, 3.05) is 39.9 Å². The van der Waals surface area contributed by atoms with Gasteiger partial charge in [-0.3, -0.25) is 4.79 Å². The number of likely N-dealkylation sites (tertiary alicyclic amines) is 1. The minimum atomic E-state index is -0.359. The molecule has 2 aliphatic rings. The summed E-state index contributed by atoms with van der Waals surface area (Å²) in [5.41, 5.74) is 0.0265. The predicted molar refractivity (Wildman–Crippen MR) is 105 cm³/mol. The number of ether oxygens (including phenoxy) is 2. The van der Waals surface area contributed by atoms with Gasteiger partial charge in [-0.25, -0.2) is 9.37 Å². The highest BCUT2D eigenvalue weighted by Crippen LogP contribution is 2.36. The van der Waals surface area contributed by atoms with Gasteiger partial charge < -0.3 is 19.7 Å². The van der Waals surface area contributed by atoms with E-state index in [1.165, 1.54) is 32.2 Å². The average Bonchev–Trinajstić information content (AvgIpc) is 3.50. The molecule has 2 heterocycles. The lowest BCUT2D eigenvalue weighted by atomic mass is 9.78. The third kappa shape index (κ3) is 5.88. The van der Waals surface area contributed by atoms with Gasteiger partial charge in [-0.2, -0.15) is 0 Å². The molecule has 0 spiro atoms. The van der Waals surface area contributed by atoms with Gasteiger partial charge in [-0.05, 0) is 44.3 Å². The van der Waals surface area contributed by atoms with E-state index in [2.05, 4.69) is 22.1 Å². The van der Waals surface area contributed by atoms with Crippen molar-refractivity contribution in [3.05, 3.63) is 24.1 Å². The van der Waals surface area contributed by atoms with E-state index < -0.39 is 0 Å². The van der Waals surface area contributed by atoms with Gasteiger partial charge in [0.15, 0.2) is 0 Å². The molecule has 1 aromatic heterocycles. The van der Waals surface area contributed by atoms with E-state index in [-0.39, 0.29) is 17.2 Å². The summed E-state index contributed by atoms with van der Waals surface area (Å²) in [5.74, 6) is 0.745. The van der Waals surface area contributed by atoms with Crippen LogP contribution in [0.15, 0.2) is 18.3 Å². The number of nitrogens with one attached hydrogen (secondary N) is 1. The number of rotatable bonds is 10. The van der Waals surface area contributed by atoms with Gasteiger partial charge in [-0.1, -0.05) is 13.3 Å². The summed E-state index contributed by atoms with van der Waals surface area (Å²) < 4.78 is 23.8. The van der Waals surface area contributed by atoms with Crippen LogP contribution in [0.25, 0.3) is 0 Å². The molecule has 1 aromatic rings. The molecule has 1 saturated heterocycles. The Kier molecular flexibility index (Phi) is 7.24. The summed E-state index contributed by atoms with van der Waals surface area (Å²) >= 11 is 0. The van der Waals surface area contributed by atoms with Crippen molar-refractivity contribution in [2.24, 2.45) is 11.3 Å². The standard InChI is InChI=1S/C21H32FN3O3/c1-3-16-12-18(16)24-14-21(15-28-19-5-4-17(22)13-23-19)7-10-25(11-8-21)9-6-20(26)27-2/h4-5,13,16,18,24H,3,6-12,14-15H2,1-2H3. The van der Waals surface area contributed by atoms with Gasteiger partial charge >= 0.3 is 5.97 Å². The number of carbonyl (C=O) groups is 1. The molecular formula is C21H32FN3O3. The zero-order valence-electron chi connectivity index (χ0n) is 17.0. The lowest BCUT2D eigenvalue weighted by Crippen LogP contribution is -2.49. The Labute approximate surface area is 166 Å². The van der Waals surface area contributed by atoms with Crippen LogP contribution in [0.3, 0.4) is 0 Å². The second-order valence-electron chi connectivity index (χ2n) is 8.16. The van der Waals surface area contributed by atoms with Gasteiger partial charge in [0.05, 0.1) is 26.3 Å². The van der Waals surface area contributed by atoms with Crippen LogP contribution < -0.4 is 10.1 Å². The minimum absolute atomic E-state index is 0.0265. The Morgan fingerprint density at radius 1 is 1.39 bits per heavy atom. The van der Waals surface area contributed by atoms with E-state index in [1.807, 2.05) is 0 Å². The average molecular weight is 394 g/mol. The molecule has 0 amide bonds. The Hall–Kier alpha value is -1.73. The normalized spacial score (nSPS) is 24.0. The first-order valence-electron chi connectivity index (χ1n) is 10.3. The van der Waals surface area contributed by atoms with Crippen molar-refractivity contribution in [2.45, 2.75) is 45.1 Å². The van der Waals surface area contributed by atoms with Crippen LogP contribution in [0.1, 0.15) is 39.0 Å². The first kappa shape index (κ1) is 21.0. The number of nitrogens with zero attached hydrogens (tertiary/aromatic N) is 2. The zero-order chi connectivity index (χ0) is 20.0. The number of methoxy groups -OCH3 is 1. The summed E-state index contributed by atoms with van der Waals surface area (Å²) in [6, 6.07) is 3.58. The monoisotopic (exact) mass is 393 g/mol. The summed E-state index contributed by atoms with van der Waals surface area (Å²) in [4.78, 5) is 17.7. The van der Waals surface area contributed by atoms with Crippen LogP contribution in [0.5, 0.6) is 5.88 Å². The largest absolute Gasteiger partial charge is 0.477 e. The maximum absolute atomic E-state index is 13.1. The molecule has 2 atom stereocenters. The second kappa shape index (κ2) is 9.65. The number of pyridine rings is 1. The lowest BCUT2D eigenvalue weighted by molar-refractivity contribution is -0.141.